The Morgan fingerprint density at radius 2 is 0.940 bits per heavy atom. The van der Waals surface area contributed by atoms with Gasteiger partial charge in [-0.2, -0.15) is 0 Å². The summed E-state index contributed by atoms with van der Waals surface area (Å²) in [5.74, 6) is 0. The molecule has 8 aromatic carbocycles. The van der Waals surface area contributed by atoms with Crippen LogP contribution in [-0.4, -0.2) is 0 Å². The predicted octanol–water partition coefficient (Wildman–Crippen LogP) is 14.0. The second kappa shape index (κ2) is 11.7. The summed E-state index contributed by atoms with van der Waals surface area (Å²) in [6, 6.07) is 65.0. The van der Waals surface area contributed by atoms with Gasteiger partial charge in [0, 0.05) is 60.7 Å². The van der Waals surface area contributed by atoms with Gasteiger partial charge in [0.2, 0.25) is 0 Å². The summed E-state index contributed by atoms with van der Waals surface area (Å²) in [5, 5.41) is 7.22. The van der Waals surface area contributed by atoms with Gasteiger partial charge in [0.25, 0.3) is 0 Å². The minimum absolute atomic E-state index is 0.870. The minimum atomic E-state index is 0.870. The first kappa shape index (κ1) is 28.6. The first-order valence-corrected chi connectivity index (χ1v) is 17.7. The summed E-state index contributed by atoms with van der Waals surface area (Å²) in [5.41, 5.74) is 8.28. The molecule has 0 saturated carbocycles. The van der Waals surface area contributed by atoms with Crippen molar-refractivity contribution >= 4 is 98.3 Å². The predicted molar refractivity (Wildman–Crippen MR) is 213 cm³/mol. The van der Waals surface area contributed by atoms with Crippen molar-refractivity contribution in [3.05, 3.63) is 182 Å². The Hall–Kier alpha value is -6.36. The molecular weight excluding hydrogens is 629 g/mol. The molecule has 0 fully saturated rings. The van der Waals surface area contributed by atoms with E-state index in [0.29, 0.717) is 0 Å². The minimum Gasteiger partial charge on any atom is -0.456 e. The van der Waals surface area contributed by atoms with Crippen molar-refractivity contribution in [1.29, 1.82) is 0 Å². The quantitative estimate of drug-likeness (QED) is 0.177. The summed E-state index contributed by atoms with van der Waals surface area (Å²) in [7, 11) is 0. The highest BCUT2D eigenvalue weighted by Gasteiger charge is 2.23. The van der Waals surface area contributed by atoms with Gasteiger partial charge in [0.1, 0.15) is 11.2 Å². The van der Waals surface area contributed by atoms with Gasteiger partial charge in [-0.1, -0.05) is 97.1 Å². The largest absolute Gasteiger partial charge is 0.456 e. The first-order chi connectivity index (χ1) is 24.8. The number of anilines is 6. The molecule has 3 nitrogen and oxygen atoms in total. The Morgan fingerprint density at radius 1 is 0.360 bits per heavy atom. The van der Waals surface area contributed by atoms with Gasteiger partial charge in [-0.3, -0.25) is 0 Å². The van der Waals surface area contributed by atoms with Gasteiger partial charge in [-0.25, -0.2) is 0 Å². The molecule has 2 aromatic heterocycles. The molecule has 0 spiro atoms. The number of fused-ring (bicyclic) bond motifs is 7. The Bertz CT molecular complexity index is 2780. The Kier molecular flexibility index (Phi) is 6.68. The summed E-state index contributed by atoms with van der Waals surface area (Å²) in [6.07, 6.45) is 0. The highest BCUT2D eigenvalue weighted by molar-refractivity contribution is 7.26. The fourth-order valence-electron chi connectivity index (χ4n) is 7.28. The molecule has 0 amide bonds. The number of hydrogen-bond acceptors (Lipinski definition) is 4. The second-order valence-electron chi connectivity index (χ2n) is 12.6. The van der Waals surface area contributed by atoms with Crippen LogP contribution in [0.1, 0.15) is 0 Å². The molecule has 0 aliphatic heterocycles. The van der Waals surface area contributed by atoms with Crippen LogP contribution in [0.4, 0.5) is 34.1 Å². The second-order valence-corrected chi connectivity index (χ2v) is 13.6. The molecule has 0 atom stereocenters. The number of thiophene rings is 1. The van der Waals surface area contributed by atoms with Crippen LogP contribution in [0.3, 0.4) is 0 Å². The molecule has 0 N–H and O–H groups in total. The average molecular weight is 659 g/mol. The lowest BCUT2D eigenvalue weighted by atomic mass is 10.0. The molecule has 0 radical (unpaired) electrons. The van der Waals surface area contributed by atoms with E-state index in [4.69, 9.17) is 4.42 Å². The van der Waals surface area contributed by atoms with Crippen LogP contribution in [0.2, 0.25) is 0 Å². The van der Waals surface area contributed by atoms with Crippen molar-refractivity contribution in [3.63, 3.8) is 0 Å². The lowest BCUT2D eigenvalue weighted by Crippen LogP contribution is -2.13. The SMILES string of the molecule is c1ccc(N(c2ccccc2)c2cc(N(c3ccccc3)c3ccc4c(c3)oc3ccccc34)c3sc4cc5ccccc5cc4c3c2)cc1. The molecule has 2 heterocycles. The van der Waals surface area contributed by atoms with Crippen LogP contribution in [0.15, 0.2) is 186 Å². The highest BCUT2D eigenvalue weighted by Crippen LogP contribution is 2.50. The van der Waals surface area contributed by atoms with Crippen LogP contribution < -0.4 is 9.80 Å². The molecule has 0 unspecified atom stereocenters. The number of rotatable bonds is 6. The van der Waals surface area contributed by atoms with Crippen LogP contribution in [-0.2, 0) is 0 Å². The Morgan fingerprint density at radius 3 is 1.64 bits per heavy atom. The van der Waals surface area contributed by atoms with Crippen molar-refractivity contribution in [2.45, 2.75) is 0 Å². The molecule has 10 aromatic rings. The lowest BCUT2D eigenvalue weighted by Gasteiger charge is -2.30. The molecule has 0 saturated heterocycles. The number of benzene rings is 8. The molecule has 10 rings (SSSR count). The van der Waals surface area contributed by atoms with E-state index in [1.54, 1.807) is 0 Å². The Labute approximate surface area is 293 Å². The van der Waals surface area contributed by atoms with E-state index in [0.717, 1.165) is 56.1 Å². The van der Waals surface area contributed by atoms with E-state index < -0.39 is 0 Å². The maximum Gasteiger partial charge on any atom is 0.137 e. The van der Waals surface area contributed by atoms with Gasteiger partial charge in [0.15, 0.2) is 0 Å². The number of nitrogens with zero attached hydrogens (tertiary/aromatic N) is 2. The maximum atomic E-state index is 6.44. The van der Waals surface area contributed by atoms with Crippen LogP contribution in [0.25, 0.3) is 52.9 Å². The fraction of sp³-hybridized carbons (Fsp3) is 0. The Balaban J connectivity index is 1.30. The van der Waals surface area contributed by atoms with Gasteiger partial charge in [-0.05, 0) is 89.6 Å². The molecule has 236 valence electrons. The zero-order valence-electron chi connectivity index (χ0n) is 27.0. The van der Waals surface area contributed by atoms with E-state index in [2.05, 4.69) is 180 Å². The van der Waals surface area contributed by atoms with Crippen molar-refractivity contribution < 1.29 is 4.42 Å². The van der Waals surface area contributed by atoms with Crippen molar-refractivity contribution in [3.8, 4) is 0 Å². The van der Waals surface area contributed by atoms with Gasteiger partial charge < -0.3 is 14.2 Å². The standard InChI is InChI=1S/C46H30N2OS/c1-4-16-33(17-5-1)47(34-18-6-2-7-19-34)37-28-41-40-26-31-14-10-11-15-32(31)27-45(40)50-46(41)42(29-37)48(35-20-8-3-9-21-35)36-24-25-39-38-22-12-13-23-43(38)49-44(39)30-36/h1-30H. The van der Waals surface area contributed by atoms with Gasteiger partial charge in [0.05, 0.1) is 10.4 Å². The zero-order chi connectivity index (χ0) is 33.0. The van der Waals surface area contributed by atoms with E-state index >= 15 is 0 Å². The summed E-state index contributed by atoms with van der Waals surface area (Å²) >= 11 is 1.86. The van der Waals surface area contributed by atoms with E-state index in [1.165, 1.54) is 30.9 Å². The third-order valence-corrected chi connectivity index (χ3v) is 10.8. The normalized spacial score (nSPS) is 11.6. The van der Waals surface area contributed by atoms with Crippen molar-refractivity contribution in [1.82, 2.24) is 0 Å². The van der Waals surface area contributed by atoms with Gasteiger partial charge in [-0.15, -0.1) is 11.3 Å². The van der Waals surface area contributed by atoms with Crippen molar-refractivity contribution in [2.75, 3.05) is 9.80 Å². The van der Waals surface area contributed by atoms with Gasteiger partial charge >= 0.3 is 0 Å². The molecular formula is C46H30N2OS. The van der Waals surface area contributed by atoms with E-state index in [-0.39, 0.29) is 0 Å². The maximum absolute atomic E-state index is 6.44. The number of hydrogen-bond donors (Lipinski definition) is 0. The van der Waals surface area contributed by atoms with E-state index in [1.807, 2.05) is 23.5 Å². The lowest BCUT2D eigenvalue weighted by molar-refractivity contribution is 0.669. The summed E-state index contributed by atoms with van der Waals surface area (Å²) < 4.78 is 8.94. The fourth-order valence-corrected chi connectivity index (χ4v) is 8.50. The number of furan rings is 1. The zero-order valence-corrected chi connectivity index (χ0v) is 27.8. The topological polar surface area (TPSA) is 19.6 Å². The highest BCUT2D eigenvalue weighted by atomic mass is 32.1. The number of para-hydroxylation sites is 4. The van der Waals surface area contributed by atoms with Crippen LogP contribution in [0.5, 0.6) is 0 Å². The van der Waals surface area contributed by atoms with E-state index in [9.17, 15) is 0 Å². The molecule has 4 heteroatoms. The molecule has 50 heavy (non-hydrogen) atoms. The third kappa shape index (κ3) is 4.73. The van der Waals surface area contributed by atoms with Crippen LogP contribution >= 0.6 is 11.3 Å². The third-order valence-electron chi connectivity index (χ3n) is 9.57. The summed E-state index contributed by atoms with van der Waals surface area (Å²) in [4.78, 5) is 4.75. The summed E-state index contributed by atoms with van der Waals surface area (Å²) in [6.45, 7) is 0. The smallest absolute Gasteiger partial charge is 0.137 e. The average Bonchev–Trinajstić information content (AvgIpc) is 3.73. The molecule has 0 aliphatic carbocycles. The van der Waals surface area contributed by atoms with Crippen LogP contribution in [0, 0.1) is 0 Å². The molecule has 0 bridgehead atoms. The molecule has 0 aliphatic rings. The van der Waals surface area contributed by atoms with Crippen molar-refractivity contribution in [2.24, 2.45) is 0 Å². The first-order valence-electron chi connectivity index (χ1n) is 16.8. The monoisotopic (exact) mass is 658 g/mol.